The zero-order chi connectivity index (χ0) is 20.1. The van der Waals surface area contributed by atoms with E-state index in [4.69, 9.17) is 9.47 Å². The second-order valence-corrected chi connectivity index (χ2v) is 7.30. The molecular formula is C23H26N2O3. The molecule has 0 spiro atoms. The van der Waals surface area contributed by atoms with Gasteiger partial charge in [-0.1, -0.05) is 19.9 Å². The van der Waals surface area contributed by atoms with E-state index >= 15 is 0 Å². The number of carbonyl (C=O) groups excluding carboxylic acids is 1. The van der Waals surface area contributed by atoms with Gasteiger partial charge in [0.15, 0.2) is 0 Å². The van der Waals surface area contributed by atoms with Crippen molar-refractivity contribution in [3.63, 3.8) is 0 Å². The molecule has 0 radical (unpaired) electrons. The standard InChI is InChI=1S/C23H26N2O3/c1-15(2)14-27-20-7-9-21(10-8-20)28-23-12-6-19-13-18(5-11-22(19)25-23)16(3)24-17(4)26/h5-13,15-16H,14H2,1-4H3,(H,24,26). The molecule has 28 heavy (non-hydrogen) atoms. The first kappa shape index (κ1) is 19.7. The van der Waals surface area contributed by atoms with E-state index in [1.54, 1.807) is 0 Å². The highest BCUT2D eigenvalue weighted by Gasteiger charge is 2.09. The molecule has 0 bridgehead atoms. The predicted molar refractivity (Wildman–Crippen MR) is 111 cm³/mol. The van der Waals surface area contributed by atoms with Gasteiger partial charge in [0.05, 0.1) is 18.2 Å². The fraction of sp³-hybridized carbons (Fsp3) is 0.304. The highest BCUT2D eigenvalue weighted by Crippen LogP contribution is 2.26. The molecular weight excluding hydrogens is 352 g/mol. The van der Waals surface area contributed by atoms with Gasteiger partial charge in [0, 0.05) is 18.4 Å². The summed E-state index contributed by atoms with van der Waals surface area (Å²) in [6.45, 7) is 8.40. The highest BCUT2D eigenvalue weighted by molar-refractivity contribution is 5.80. The molecule has 1 heterocycles. The van der Waals surface area contributed by atoms with E-state index in [1.165, 1.54) is 6.92 Å². The lowest BCUT2D eigenvalue weighted by Gasteiger charge is -2.14. The van der Waals surface area contributed by atoms with Crippen LogP contribution in [-0.2, 0) is 4.79 Å². The molecule has 5 heteroatoms. The van der Waals surface area contributed by atoms with Gasteiger partial charge in [-0.25, -0.2) is 4.98 Å². The maximum Gasteiger partial charge on any atom is 0.219 e. The van der Waals surface area contributed by atoms with Gasteiger partial charge in [0.2, 0.25) is 11.8 Å². The van der Waals surface area contributed by atoms with E-state index in [0.717, 1.165) is 22.2 Å². The highest BCUT2D eigenvalue weighted by atomic mass is 16.5. The van der Waals surface area contributed by atoms with Crippen LogP contribution in [0.25, 0.3) is 10.9 Å². The molecule has 3 aromatic rings. The van der Waals surface area contributed by atoms with E-state index < -0.39 is 0 Å². The number of fused-ring (bicyclic) bond motifs is 1. The Morgan fingerprint density at radius 2 is 1.71 bits per heavy atom. The minimum Gasteiger partial charge on any atom is -0.493 e. The lowest BCUT2D eigenvalue weighted by atomic mass is 10.1. The summed E-state index contributed by atoms with van der Waals surface area (Å²) in [5.41, 5.74) is 1.88. The first-order valence-electron chi connectivity index (χ1n) is 9.49. The van der Waals surface area contributed by atoms with Crippen LogP contribution in [0.3, 0.4) is 0 Å². The van der Waals surface area contributed by atoms with Gasteiger partial charge < -0.3 is 14.8 Å². The van der Waals surface area contributed by atoms with E-state index in [2.05, 4.69) is 24.1 Å². The van der Waals surface area contributed by atoms with Crippen molar-refractivity contribution in [1.82, 2.24) is 10.3 Å². The summed E-state index contributed by atoms with van der Waals surface area (Å²) in [6, 6.07) is 17.3. The summed E-state index contributed by atoms with van der Waals surface area (Å²) in [7, 11) is 0. The average Bonchev–Trinajstić information content (AvgIpc) is 2.66. The van der Waals surface area contributed by atoms with Gasteiger partial charge in [-0.3, -0.25) is 4.79 Å². The Hall–Kier alpha value is -3.08. The summed E-state index contributed by atoms with van der Waals surface area (Å²) < 4.78 is 11.6. The van der Waals surface area contributed by atoms with Crippen LogP contribution < -0.4 is 14.8 Å². The minimum absolute atomic E-state index is 0.0462. The first-order valence-corrected chi connectivity index (χ1v) is 9.49. The molecule has 0 aliphatic carbocycles. The van der Waals surface area contributed by atoms with Crippen molar-refractivity contribution >= 4 is 16.8 Å². The predicted octanol–water partition coefficient (Wildman–Crippen LogP) is 5.26. The number of aromatic nitrogens is 1. The van der Waals surface area contributed by atoms with Gasteiger partial charge in [-0.05, 0) is 60.9 Å². The normalized spacial score (nSPS) is 12.0. The number of nitrogens with zero attached hydrogens (tertiary/aromatic N) is 1. The largest absolute Gasteiger partial charge is 0.493 e. The van der Waals surface area contributed by atoms with Crippen LogP contribution in [0, 0.1) is 5.92 Å². The van der Waals surface area contributed by atoms with Crippen LogP contribution >= 0.6 is 0 Å². The van der Waals surface area contributed by atoms with E-state index in [-0.39, 0.29) is 11.9 Å². The molecule has 1 aromatic heterocycles. The lowest BCUT2D eigenvalue weighted by molar-refractivity contribution is -0.119. The molecule has 0 fully saturated rings. The fourth-order valence-electron chi connectivity index (χ4n) is 2.83. The number of amides is 1. The third kappa shape index (κ3) is 5.22. The van der Waals surface area contributed by atoms with Crippen LogP contribution in [0.2, 0.25) is 0 Å². The third-order valence-corrected chi connectivity index (χ3v) is 4.24. The van der Waals surface area contributed by atoms with Crippen LogP contribution in [0.4, 0.5) is 0 Å². The molecule has 0 saturated heterocycles. The number of rotatable bonds is 7. The molecule has 2 aromatic carbocycles. The summed E-state index contributed by atoms with van der Waals surface area (Å²) in [5, 5.41) is 3.89. The van der Waals surface area contributed by atoms with E-state index in [0.29, 0.717) is 24.2 Å². The van der Waals surface area contributed by atoms with E-state index in [9.17, 15) is 4.79 Å². The van der Waals surface area contributed by atoms with Crippen molar-refractivity contribution in [2.75, 3.05) is 6.61 Å². The number of hydrogen-bond acceptors (Lipinski definition) is 4. The van der Waals surface area contributed by atoms with Crippen molar-refractivity contribution in [2.45, 2.75) is 33.7 Å². The Balaban J connectivity index is 1.71. The van der Waals surface area contributed by atoms with E-state index in [1.807, 2.05) is 61.5 Å². The number of carbonyl (C=O) groups is 1. The first-order chi connectivity index (χ1) is 13.4. The van der Waals surface area contributed by atoms with Crippen molar-refractivity contribution in [3.8, 4) is 17.4 Å². The third-order valence-electron chi connectivity index (χ3n) is 4.24. The van der Waals surface area contributed by atoms with Gasteiger partial charge in [0.1, 0.15) is 11.5 Å². The molecule has 5 nitrogen and oxygen atoms in total. The molecule has 1 unspecified atom stereocenters. The Morgan fingerprint density at radius 3 is 2.39 bits per heavy atom. The monoisotopic (exact) mass is 378 g/mol. The molecule has 1 N–H and O–H groups in total. The van der Waals surface area contributed by atoms with Crippen molar-refractivity contribution in [3.05, 3.63) is 60.2 Å². The second-order valence-electron chi connectivity index (χ2n) is 7.30. The Labute approximate surface area is 165 Å². The van der Waals surface area contributed by atoms with Crippen molar-refractivity contribution < 1.29 is 14.3 Å². The van der Waals surface area contributed by atoms with Crippen LogP contribution in [0.5, 0.6) is 17.4 Å². The zero-order valence-electron chi connectivity index (χ0n) is 16.7. The number of ether oxygens (including phenoxy) is 2. The quantitative estimate of drug-likeness (QED) is 0.609. The van der Waals surface area contributed by atoms with Crippen LogP contribution in [-0.4, -0.2) is 17.5 Å². The molecule has 0 saturated carbocycles. The summed E-state index contributed by atoms with van der Waals surface area (Å²) in [5.74, 6) is 2.51. The summed E-state index contributed by atoms with van der Waals surface area (Å²) in [6.07, 6.45) is 0. The molecule has 3 rings (SSSR count). The van der Waals surface area contributed by atoms with Gasteiger partial charge >= 0.3 is 0 Å². The molecule has 1 atom stereocenters. The smallest absolute Gasteiger partial charge is 0.219 e. The topological polar surface area (TPSA) is 60.5 Å². The molecule has 146 valence electrons. The Kier molecular flexibility index (Phi) is 6.14. The zero-order valence-corrected chi connectivity index (χ0v) is 16.7. The SMILES string of the molecule is CC(=O)NC(C)c1ccc2nc(Oc3ccc(OCC(C)C)cc3)ccc2c1. The second kappa shape index (κ2) is 8.74. The van der Waals surface area contributed by atoms with Crippen LogP contribution in [0.1, 0.15) is 39.3 Å². The number of benzene rings is 2. The summed E-state index contributed by atoms with van der Waals surface area (Å²) in [4.78, 5) is 15.8. The molecule has 1 amide bonds. The minimum atomic E-state index is -0.0470. The lowest BCUT2D eigenvalue weighted by Crippen LogP contribution is -2.23. The summed E-state index contributed by atoms with van der Waals surface area (Å²) >= 11 is 0. The maximum atomic E-state index is 11.2. The van der Waals surface area contributed by atoms with Crippen molar-refractivity contribution in [1.29, 1.82) is 0 Å². The fourth-order valence-corrected chi connectivity index (χ4v) is 2.83. The number of hydrogen-bond donors (Lipinski definition) is 1. The average molecular weight is 378 g/mol. The number of pyridine rings is 1. The number of nitrogens with one attached hydrogen (secondary N) is 1. The maximum absolute atomic E-state index is 11.2. The van der Waals surface area contributed by atoms with Crippen LogP contribution in [0.15, 0.2) is 54.6 Å². The molecule has 0 aliphatic rings. The Bertz CT molecular complexity index is 952. The van der Waals surface area contributed by atoms with Gasteiger partial charge in [0.25, 0.3) is 0 Å². The van der Waals surface area contributed by atoms with Crippen molar-refractivity contribution in [2.24, 2.45) is 5.92 Å². The Morgan fingerprint density at radius 1 is 1.00 bits per heavy atom. The van der Waals surface area contributed by atoms with Gasteiger partial charge in [-0.15, -0.1) is 0 Å². The van der Waals surface area contributed by atoms with Gasteiger partial charge in [-0.2, -0.15) is 0 Å². The molecule has 0 aliphatic heterocycles.